The summed E-state index contributed by atoms with van der Waals surface area (Å²) in [7, 11) is 0. The molecule has 0 aromatic rings. The maximum absolute atomic E-state index is 11.9. The Morgan fingerprint density at radius 2 is 1.82 bits per heavy atom. The molecule has 2 unspecified atom stereocenters. The summed E-state index contributed by atoms with van der Waals surface area (Å²) in [5, 5.41) is 8.89. The van der Waals surface area contributed by atoms with Gasteiger partial charge in [0.2, 0.25) is 0 Å². The van der Waals surface area contributed by atoms with Gasteiger partial charge in [0.25, 0.3) is 0 Å². The van der Waals surface area contributed by atoms with Crippen LogP contribution in [-0.2, 0) is 4.74 Å². The van der Waals surface area contributed by atoms with Crippen LogP contribution in [0.15, 0.2) is 0 Å². The average molecular weight is 236 g/mol. The summed E-state index contributed by atoms with van der Waals surface area (Å²) in [5.74, 6) is 1.21. The average Bonchev–Trinajstić information content (AvgIpc) is 2.70. The minimum atomic E-state index is -0.427. The Balaban J connectivity index is 1.89. The summed E-state index contributed by atoms with van der Waals surface area (Å²) < 4.78 is 5.36. The lowest BCUT2D eigenvalue weighted by Crippen LogP contribution is -2.36. The van der Waals surface area contributed by atoms with Crippen LogP contribution >= 0.6 is 0 Å². The molecule has 4 heteroatoms. The molecule has 2 atom stereocenters. The third-order valence-electron chi connectivity index (χ3n) is 3.59. The molecule has 0 aromatic carbocycles. The van der Waals surface area contributed by atoms with E-state index in [0.29, 0.717) is 11.8 Å². The number of rotatable bonds is 0. The maximum Gasteiger partial charge on any atom is 0.410 e. The van der Waals surface area contributed by atoms with E-state index in [2.05, 4.69) is 6.07 Å². The van der Waals surface area contributed by atoms with Gasteiger partial charge in [-0.2, -0.15) is 5.26 Å². The second kappa shape index (κ2) is 4.21. The Hall–Kier alpha value is -1.24. The Morgan fingerprint density at radius 1 is 1.29 bits per heavy atom. The summed E-state index contributed by atoms with van der Waals surface area (Å²) in [6, 6.07) is 2.34. The first-order valence-corrected chi connectivity index (χ1v) is 6.26. The molecule has 1 aliphatic heterocycles. The quantitative estimate of drug-likeness (QED) is 0.649. The topological polar surface area (TPSA) is 53.3 Å². The molecule has 0 spiro atoms. The van der Waals surface area contributed by atoms with Crippen LogP contribution in [0.3, 0.4) is 0 Å². The van der Waals surface area contributed by atoms with E-state index >= 15 is 0 Å². The smallest absolute Gasteiger partial charge is 0.410 e. The standard InChI is InChI=1S/C13H20N2O2/c1-13(2,3)17-12(16)15-7-10-4-9(6-14)5-11(10)8-15/h9-11H,4-5,7-8H2,1-3H3. The van der Waals surface area contributed by atoms with Crippen LogP contribution in [0.2, 0.25) is 0 Å². The van der Waals surface area contributed by atoms with E-state index in [9.17, 15) is 4.79 Å². The summed E-state index contributed by atoms with van der Waals surface area (Å²) >= 11 is 0. The van der Waals surface area contributed by atoms with E-state index in [-0.39, 0.29) is 12.0 Å². The normalized spacial score (nSPS) is 32.1. The van der Waals surface area contributed by atoms with Crippen LogP contribution in [0.4, 0.5) is 4.79 Å². The van der Waals surface area contributed by atoms with Crippen molar-refractivity contribution in [1.29, 1.82) is 5.26 Å². The van der Waals surface area contributed by atoms with Gasteiger partial charge in [0.05, 0.1) is 6.07 Å². The van der Waals surface area contributed by atoms with E-state index in [1.165, 1.54) is 0 Å². The van der Waals surface area contributed by atoms with Crippen molar-refractivity contribution in [2.24, 2.45) is 17.8 Å². The van der Waals surface area contributed by atoms with Crippen LogP contribution in [0.1, 0.15) is 33.6 Å². The lowest BCUT2D eigenvalue weighted by atomic mass is 10.0. The molecule has 17 heavy (non-hydrogen) atoms. The Bertz CT molecular complexity index is 339. The highest BCUT2D eigenvalue weighted by atomic mass is 16.6. The van der Waals surface area contributed by atoms with Crippen LogP contribution < -0.4 is 0 Å². The van der Waals surface area contributed by atoms with Gasteiger partial charge in [0.1, 0.15) is 5.60 Å². The van der Waals surface area contributed by atoms with Crippen LogP contribution in [0, 0.1) is 29.1 Å². The van der Waals surface area contributed by atoms with Gasteiger partial charge in [-0.3, -0.25) is 0 Å². The van der Waals surface area contributed by atoms with Crippen molar-refractivity contribution < 1.29 is 9.53 Å². The van der Waals surface area contributed by atoms with Crippen molar-refractivity contribution in [3.63, 3.8) is 0 Å². The number of carbonyl (C=O) groups is 1. The molecule has 2 fully saturated rings. The van der Waals surface area contributed by atoms with Gasteiger partial charge in [-0.1, -0.05) is 0 Å². The Kier molecular flexibility index (Phi) is 3.03. The van der Waals surface area contributed by atoms with E-state index in [0.717, 1.165) is 25.9 Å². The fourth-order valence-corrected chi connectivity index (χ4v) is 2.88. The van der Waals surface area contributed by atoms with Gasteiger partial charge in [-0.05, 0) is 45.4 Å². The molecule has 94 valence electrons. The fourth-order valence-electron chi connectivity index (χ4n) is 2.88. The Labute approximate surface area is 103 Å². The number of likely N-dealkylation sites (tertiary alicyclic amines) is 1. The molecule has 0 radical (unpaired) electrons. The van der Waals surface area contributed by atoms with Crippen LogP contribution in [0.5, 0.6) is 0 Å². The van der Waals surface area contributed by atoms with Gasteiger partial charge < -0.3 is 9.64 Å². The summed E-state index contributed by atoms with van der Waals surface area (Å²) in [4.78, 5) is 13.7. The molecule has 0 bridgehead atoms. The van der Waals surface area contributed by atoms with Gasteiger partial charge >= 0.3 is 6.09 Å². The summed E-state index contributed by atoms with van der Waals surface area (Å²) in [6.45, 7) is 7.17. The number of hydrogen-bond acceptors (Lipinski definition) is 3. The predicted octanol–water partition coefficient (Wildman–Crippen LogP) is 2.40. The lowest BCUT2D eigenvalue weighted by molar-refractivity contribution is 0.0279. The molecule has 1 saturated heterocycles. The lowest BCUT2D eigenvalue weighted by Gasteiger charge is -2.25. The van der Waals surface area contributed by atoms with Crippen molar-refractivity contribution in [2.45, 2.75) is 39.2 Å². The molecular weight excluding hydrogens is 216 g/mol. The molecule has 4 nitrogen and oxygen atoms in total. The minimum Gasteiger partial charge on any atom is -0.444 e. The Morgan fingerprint density at radius 3 is 2.24 bits per heavy atom. The maximum atomic E-state index is 11.9. The zero-order valence-electron chi connectivity index (χ0n) is 10.8. The molecule has 1 saturated carbocycles. The van der Waals surface area contributed by atoms with Crippen LogP contribution in [-0.4, -0.2) is 29.7 Å². The SMILES string of the molecule is CC(C)(C)OC(=O)N1CC2CC(C#N)CC2C1. The van der Waals surface area contributed by atoms with Crippen molar-refractivity contribution >= 4 is 6.09 Å². The largest absolute Gasteiger partial charge is 0.444 e. The van der Waals surface area contributed by atoms with Crippen molar-refractivity contribution in [3.05, 3.63) is 0 Å². The first kappa shape index (κ1) is 12.2. The zero-order valence-corrected chi connectivity index (χ0v) is 10.8. The fraction of sp³-hybridized carbons (Fsp3) is 0.846. The first-order chi connectivity index (χ1) is 7.89. The van der Waals surface area contributed by atoms with Gasteiger partial charge in [0.15, 0.2) is 0 Å². The van der Waals surface area contributed by atoms with E-state index in [1.807, 2.05) is 20.8 Å². The number of hydrogen-bond donors (Lipinski definition) is 0. The second-order valence-corrected chi connectivity index (χ2v) is 6.20. The van der Waals surface area contributed by atoms with E-state index < -0.39 is 5.60 Å². The molecule has 1 amide bonds. The van der Waals surface area contributed by atoms with Crippen molar-refractivity contribution in [2.75, 3.05) is 13.1 Å². The molecular formula is C13H20N2O2. The zero-order chi connectivity index (χ0) is 12.6. The van der Waals surface area contributed by atoms with Crippen LogP contribution in [0.25, 0.3) is 0 Å². The van der Waals surface area contributed by atoms with Gasteiger partial charge in [-0.15, -0.1) is 0 Å². The predicted molar refractivity (Wildman–Crippen MR) is 63.1 cm³/mol. The van der Waals surface area contributed by atoms with E-state index in [1.54, 1.807) is 4.90 Å². The molecule has 0 aromatic heterocycles. The molecule has 1 heterocycles. The highest BCUT2D eigenvalue weighted by molar-refractivity contribution is 5.68. The molecule has 1 aliphatic carbocycles. The molecule has 0 N–H and O–H groups in total. The number of amides is 1. The molecule has 2 aliphatic rings. The third kappa shape index (κ3) is 2.71. The third-order valence-corrected chi connectivity index (χ3v) is 3.59. The first-order valence-electron chi connectivity index (χ1n) is 6.26. The number of fused-ring (bicyclic) bond motifs is 1. The van der Waals surface area contributed by atoms with Crippen molar-refractivity contribution in [1.82, 2.24) is 4.90 Å². The molecule has 2 rings (SSSR count). The van der Waals surface area contributed by atoms with Gasteiger partial charge in [0, 0.05) is 19.0 Å². The highest BCUT2D eigenvalue weighted by Gasteiger charge is 2.43. The minimum absolute atomic E-state index is 0.200. The number of ether oxygens (including phenoxy) is 1. The second-order valence-electron chi connectivity index (χ2n) is 6.20. The van der Waals surface area contributed by atoms with Gasteiger partial charge in [-0.25, -0.2) is 4.79 Å². The van der Waals surface area contributed by atoms with E-state index in [4.69, 9.17) is 10.00 Å². The number of nitriles is 1. The monoisotopic (exact) mass is 236 g/mol. The number of nitrogens with zero attached hydrogens (tertiary/aromatic N) is 2. The number of carbonyl (C=O) groups excluding carboxylic acids is 1. The van der Waals surface area contributed by atoms with Crippen molar-refractivity contribution in [3.8, 4) is 6.07 Å². The highest BCUT2D eigenvalue weighted by Crippen LogP contribution is 2.41. The summed E-state index contributed by atoms with van der Waals surface area (Å²) in [5.41, 5.74) is -0.427. The summed E-state index contributed by atoms with van der Waals surface area (Å²) in [6.07, 6.45) is 1.68.